The molecule has 3 rings (SSSR count). The summed E-state index contributed by atoms with van der Waals surface area (Å²) in [6, 6.07) is 1.48. The first-order chi connectivity index (χ1) is 12.8. The van der Waals surface area contributed by atoms with Crippen LogP contribution in [0.3, 0.4) is 0 Å². The summed E-state index contributed by atoms with van der Waals surface area (Å²) >= 11 is 0. The molecule has 0 saturated carbocycles. The molecule has 2 saturated heterocycles. The largest absolute Gasteiger partial charge is 0.342 e. The van der Waals surface area contributed by atoms with Crippen molar-refractivity contribution in [2.45, 2.75) is 26.3 Å². The minimum Gasteiger partial charge on any atom is -0.342 e. The molecule has 0 bridgehead atoms. The molecule has 0 N–H and O–H groups in total. The SMILES string of the molecule is CCN(c1nc(C)cc(C(=O)N2CCN(C=O)CC2)n1)C1CCS(=O)(=O)C1. The number of hydrogen-bond acceptors (Lipinski definition) is 7. The summed E-state index contributed by atoms with van der Waals surface area (Å²) in [6.07, 6.45) is 1.34. The number of carbonyl (C=O) groups excluding carboxylic acids is 2. The first-order valence-electron chi connectivity index (χ1n) is 9.14. The Hall–Kier alpha value is -2.23. The lowest BCUT2D eigenvalue weighted by molar-refractivity contribution is -0.119. The Morgan fingerprint density at radius 3 is 2.56 bits per heavy atom. The standard InChI is InChI=1S/C17H25N5O4S/c1-3-22(14-4-9-27(25,26)11-14)17-18-13(2)10-15(19-17)16(24)21-7-5-20(12-23)6-8-21/h10,12,14H,3-9,11H2,1-2H3. The maximum Gasteiger partial charge on any atom is 0.272 e. The number of hydrogen-bond donors (Lipinski definition) is 0. The van der Waals surface area contributed by atoms with Crippen molar-refractivity contribution in [3.8, 4) is 0 Å². The number of rotatable bonds is 5. The Labute approximate surface area is 159 Å². The van der Waals surface area contributed by atoms with E-state index >= 15 is 0 Å². The minimum atomic E-state index is -3.03. The summed E-state index contributed by atoms with van der Waals surface area (Å²) in [5.41, 5.74) is 0.963. The quantitative estimate of drug-likeness (QED) is 0.631. The molecule has 148 valence electrons. The van der Waals surface area contributed by atoms with Gasteiger partial charge >= 0.3 is 0 Å². The molecule has 9 nitrogen and oxygen atoms in total. The Kier molecular flexibility index (Phi) is 5.64. The topological polar surface area (TPSA) is 104 Å². The Morgan fingerprint density at radius 1 is 1.30 bits per heavy atom. The lowest BCUT2D eigenvalue weighted by Crippen LogP contribution is -2.48. The van der Waals surface area contributed by atoms with Crippen molar-refractivity contribution >= 4 is 28.1 Å². The van der Waals surface area contributed by atoms with Gasteiger partial charge in [-0.3, -0.25) is 9.59 Å². The second-order valence-electron chi connectivity index (χ2n) is 6.97. The molecule has 2 fully saturated rings. The molecule has 0 radical (unpaired) electrons. The number of piperazine rings is 1. The van der Waals surface area contributed by atoms with Crippen LogP contribution in [0.1, 0.15) is 29.5 Å². The number of anilines is 1. The molecular formula is C17H25N5O4S. The van der Waals surface area contributed by atoms with Crippen molar-refractivity contribution in [2.24, 2.45) is 0 Å². The summed E-state index contributed by atoms with van der Waals surface area (Å²) in [4.78, 5) is 37.8. The molecule has 0 spiro atoms. The molecule has 1 aromatic rings. The third-order valence-electron chi connectivity index (χ3n) is 5.06. The highest BCUT2D eigenvalue weighted by Crippen LogP contribution is 2.22. The summed E-state index contributed by atoms with van der Waals surface area (Å²) in [7, 11) is -3.03. The summed E-state index contributed by atoms with van der Waals surface area (Å²) in [5, 5.41) is 0. The van der Waals surface area contributed by atoms with Gasteiger partial charge in [-0.05, 0) is 26.3 Å². The minimum absolute atomic E-state index is 0.0923. The van der Waals surface area contributed by atoms with E-state index in [1.54, 1.807) is 22.8 Å². The van der Waals surface area contributed by atoms with Crippen LogP contribution >= 0.6 is 0 Å². The number of aromatic nitrogens is 2. The molecule has 2 aliphatic heterocycles. The van der Waals surface area contributed by atoms with Crippen LogP contribution in [-0.4, -0.2) is 90.8 Å². The van der Waals surface area contributed by atoms with Crippen LogP contribution in [0.25, 0.3) is 0 Å². The van der Waals surface area contributed by atoms with Gasteiger partial charge in [-0.25, -0.2) is 18.4 Å². The van der Waals surface area contributed by atoms with Gasteiger partial charge in [-0.2, -0.15) is 0 Å². The molecule has 0 aromatic carbocycles. The number of sulfone groups is 1. The van der Waals surface area contributed by atoms with Crippen molar-refractivity contribution in [1.82, 2.24) is 19.8 Å². The van der Waals surface area contributed by atoms with E-state index in [2.05, 4.69) is 9.97 Å². The lowest BCUT2D eigenvalue weighted by atomic mass is 10.2. The van der Waals surface area contributed by atoms with Gasteiger partial charge in [-0.15, -0.1) is 0 Å². The van der Waals surface area contributed by atoms with Crippen LogP contribution in [0.2, 0.25) is 0 Å². The summed E-state index contributed by atoms with van der Waals surface area (Å²) in [6.45, 7) is 6.24. The van der Waals surface area contributed by atoms with E-state index in [9.17, 15) is 18.0 Å². The maximum atomic E-state index is 12.8. The number of aryl methyl sites for hydroxylation is 1. The lowest BCUT2D eigenvalue weighted by Gasteiger charge is -2.32. The van der Waals surface area contributed by atoms with Crippen LogP contribution < -0.4 is 4.90 Å². The van der Waals surface area contributed by atoms with E-state index in [4.69, 9.17) is 0 Å². The van der Waals surface area contributed by atoms with Crippen molar-refractivity contribution in [3.63, 3.8) is 0 Å². The predicted molar refractivity (Wildman–Crippen MR) is 100 cm³/mol. The monoisotopic (exact) mass is 395 g/mol. The van der Waals surface area contributed by atoms with Gasteiger partial charge in [0.25, 0.3) is 5.91 Å². The maximum absolute atomic E-state index is 12.8. The zero-order chi connectivity index (χ0) is 19.6. The second kappa shape index (κ2) is 7.79. The fourth-order valence-electron chi connectivity index (χ4n) is 3.57. The van der Waals surface area contributed by atoms with E-state index < -0.39 is 9.84 Å². The first-order valence-corrected chi connectivity index (χ1v) is 11.0. The van der Waals surface area contributed by atoms with Gasteiger partial charge < -0.3 is 14.7 Å². The number of nitrogens with zero attached hydrogens (tertiary/aromatic N) is 5. The second-order valence-corrected chi connectivity index (χ2v) is 9.20. The average Bonchev–Trinajstić information content (AvgIpc) is 3.01. The first kappa shape index (κ1) is 19.5. The predicted octanol–water partition coefficient (Wildman–Crippen LogP) is -0.287. The van der Waals surface area contributed by atoms with Gasteiger partial charge in [0.05, 0.1) is 11.5 Å². The number of carbonyl (C=O) groups is 2. The van der Waals surface area contributed by atoms with E-state index in [0.717, 1.165) is 6.41 Å². The number of amides is 2. The van der Waals surface area contributed by atoms with Crippen molar-refractivity contribution in [2.75, 3.05) is 49.1 Å². The molecule has 2 aliphatic rings. The van der Waals surface area contributed by atoms with E-state index in [1.165, 1.54) is 0 Å². The Bertz CT molecular complexity index is 821. The highest BCUT2D eigenvalue weighted by Gasteiger charge is 2.33. The van der Waals surface area contributed by atoms with Gasteiger partial charge in [0.15, 0.2) is 9.84 Å². The van der Waals surface area contributed by atoms with Crippen LogP contribution in [0, 0.1) is 6.92 Å². The zero-order valence-corrected chi connectivity index (χ0v) is 16.5. The third kappa shape index (κ3) is 4.37. The normalized spacial score (nSPS) is 21.9. The van der Waals surface area contributed by atoms with Crippen LogP contribution in [-0.2, 0) is 14.6 Å². The van der Waals surface area contributed by atoms with Crippen LogP contribution in [0.15, 0.2) is 6.07 Å². The third-order valence-corrected chi connectivity index (χ3v) is 6.81. The molecular weight excluding hydrogens is 370 g/mol. The highest BCUT2D eigenvalue weighted by molar-refractivity contribution is 7.91. The van der Waals surface area contributed by atoms with Crippen LogP contribution in [0.5, 0.6) is 0 Å². The van der Waals surface area contributed by atoms with Gasteiger partial charge in [-0.1, -0.05) is 0 Å². The highest BCUT2D eigenvalue weighted by atomic mass is 32.2. The Balaban J connectivity index is 1.81. The molecule has 1 aromatic heterocycles. The smallest absolute Gasteiger partial charge is 0.272 e. The van der Waals surface area contributed by atoms with Crippen molar-refractivity contribution < 1.29 is 18.0 Å². The molecule has 0 aliphatic carbocycles. The molecule has 1 atom stereocenters. The summed E-state index contributed by atoms with van der Waals surface area (Å²) < 4.78 is 23.7. The molecule has 2 amide bonds. The Morgan fingerprint density at radius 2 is 2.00 bits per heavy atom. The van der Waals surface area contributed by atoms with E-state index in [-0.39, 0.29) is 23.5 Å². The van der Waals surface area contributed by atoms with Gasteiger partial charge in [0, 0.05) is 44.5 Å². The van der Waals surface area contributed by atoms with Crippen LogP contribution in [0.4, 0.5) is 5.95 Å². The fraction of sp³-hybridized carbons (Fsp3) is 0.647. The molecule has 27 heavy (non-hydrogen) atoms. The van der Waals surface area contributed by atoms with Gasteiger partial charge in [0.2, 0.25) is 12.4 Å². The van der Waals surface area contributed by atoms with E-state index in [0.29, 0.717) is 56.5 Å². The van der Waals surface area contributed by atoms with Crippen molar-refractivity contribution in [3.05, 3.63) is 17.5 Å². The summed E-state index contributed by atoms with van der Waals surface area (Å²) in [5.74, 6) is 0.471. The van der Waals surface area contributed by atoms with Crippen molar-refractivity contribution in [1.29, 1.82) is 0 Å². The van der Waals surface area contributed by atoms with E-state index in [1.807, 2.05) is 11.8 Å². The van der Waals surface area contributed by atoms with Gasteiger partial charge in [0.1, 0.15) is 5.69 Å². The fourth-order valence-corrected chi connectivity index (χ4v) is 5.30. The average molecular weight is 395 g/mol. The zero-order valence-electron chi connectivity index (χ0n) is 15.7. The molecule has 3 heterocycles. The molecule has 1 unspecified atom stereocenters. The molecule has 10 heteroatoms.